The van der Waals surface area contributed by atoms with Gasteiger partial charge in [-0.25, -0.2) is 4.98 Å². The first-order valence-corrected chi connectivity index (χ1v) is 3.81. The molecule has 0 saturated heterocycles. The summed E-state index contributed by atoms with van der Waals surface area (Å²) in [5.74, 6) is 0.565. The van der Waals surface area contributed by atoms with Crippen LogP contribution < -0.4 is 4.74 Å². The quantitative estimate of drug-likeness (QED) is 0.639. The molecule has 64 valence electrons. The molecule has 0 atom stereocenters. The van der Waals surface area contributed by atoms with Crippen LogP contribution in [-0.2, 0) is 0 Å². The number of nitrogens with zero attached hydrogens (tertiary/aromatic N) is 2. The molecule has 0 aromatic carbocycles. The largest absolute Gasteiger partial charge is 0.472 e. The highest BCUT2D eigenvalue weighted by molar-refractivity contribution is 5.03. The molecule has 0 spiro atoms. The molecule has 0 unspecified atom stereocenters. The molecule has 3 nitrogen and oxygen atoms in total. The molecule has 1 aromatic heterocycles. The van der Waals surface area contributed by atoms with Crippen molar-refractivity contribution in [2.45, 2.75) is 13.8 Å². The van der Waals surface area contributed by atoms with Crippen LogP contribution in [0.25, 0.3) is 0 Å². The summed E-state index contributed by atoms with van der Waals surface area (Å²) in [5.41, 5.74) is 1.24. The predicted molar refractivity (Wildman–Crippen MR) is 47.0 cm³/mol. The van der Waals surface area contributed by atoms with Crippen LogP contribution in [0.15, 0.2) is 30.2 Å². The molecule has 3 heteroatoms. The van der Waals surface area contributed by atoms with Crippen LogP contribution in [0.4, 0.5) is 0 Å². The third kappa shape index (κ3) is 3.14. The normalized spacial score (nSPS) is 9.17. The molecule has 0 aliphatic rings. The van der Waals surface area contributed by atoms with Gasteiger partial charge in [0.1, 0.15) is 6.61 Å². The van der Waals surface area contributed by atoms with Gasteiger partial charge < -0.3 is 4.74 Å². The molecular weight excluding hydrogens is 152 g/mol. The number of rotatable bonds is 3. The van der Waals surface area contributed by atoms with Crippen LogP contribution in [0.3, 0.4) is 0 Å². The van der Waals surface area contributed by atoms with E-state index >= 15 is 0 Å². The smallest absolute Gasteiger partial charge is 0.232 e. The lowest BCUT2D eigenvalue weighted by molar-refractivity contribution is 0.346. The maximum Gasteiger partial charge on any atom is 0.232 e. The summed E-state index contributed by atoms with van der Waals surface area (Å²) in [7, 11) is 0. The Labute approximate surface area is 72.1 Å². The molecule has 0 radical (unpaired) electrons. The van der Waals surface area contributed by atoms with Crippen molar-refractivity contribution in [2.75, 3.05) is 6.61 Å². The van der Waals surface area contributed by atoms with E-state index in [1.165, 1.54) is 5.57 Å². The van der Waals surface area contributed by atoms with E-state index in [-0.39, 0.29) is 0 Å². The third-order valence-corrected chi connectivity index (χ3v) is 1.26. The van der Waals surface area contributed by atoms with Gasteiger partial charge in [-0.2, -0.15) is 0 Å². The van der Waals surface area contributed by atoms with Crippen molar-refractivity contribution >= 4 is 0 Å². The fourth-order valence-corrected chi connectivity index (χ4v) is 0.654. The molecule has 0 aliphatic heterocycles. The van der Waals surface area contributed by atoms with E-state index in [2.05, 4.69) is 9.97 Å². The van der Waals surface area contributed by atoms with Gasteiger partial charge in [0.2, 0.25) is 5.88 Å². The number of hydrogen-bond acceptors (Lipinski definition) is 3. The van der Waals surface area contributed by atoms with Crippen molar-refractivity contribution in [3.05, 3.63) is 30.2 Å². The topological polar surface area (TPSA) is 35.0 Å². The van der Waals surface area contributed by atoms with Crippen molar-refractivity contribution in [3.63, 3.8) is 0 Å². The van der Waals surface area contributed by atoms with Crippen molar-refractivity contribution in [3.8, 4) is 5.88 Å². The summed E-state index contributed by atoms with van der Waals surface area (Å²) < 4.78 is 5.27. The lowest BCUT2D eigenvalue weighted by atomic mass is 10.3. The standard InChI is InChI=1S/C9H12N2O/c1-8(2)3-6-12-9-7-10-4-5-11-9/h3-5,7H,6H2,1-2H3. The molecule has 12 heavy (non-hydrogen) atoms. The zero-order valence-corrected chi connectivity index (χ0v) is 7.32. The van der Waals surface area contributed by atoms with Crippen molar-refractivity contribution in [1.29, 1.82) is 0 Å². The molecule has 0 N–H and O–H groups in total. The Morgan fingerprint density at radius 1 is 1.50 bits per heavy atom. The SMILES string of the molecule is CC(C)=CCOc1cnccn1. The number of hydrogen-bond donors (Lipinski definition) is 0. The fraction of sp³-hybridized carbons (Fsp3) is 0.333. The van der Waals surface area contributed by atoms with Gasteiger partial charge in [-0.3, -0.25) is 4.98 Å². The van der Waals surface area contributed by atoms with Gasteiger partial charge in [0.25, 0.3) is 0 Å². The van der Waals surface area contributed by atoms with E-state index in [1.54, 1.807) is 18.6 Å². The maximum absolute atomic E-state index is 5.27. The average molecular weight is 164 g/mol. The minimum Gasteiger partial charge on any atom is -0.472 e. The molecule has 1 rings (SSSR count). The predicted octanol–water partition coefficient (Wildman–Crippen LogP) is 1.82. The molecule has 1 aromatic rings. The van der Waals surface area contributed by atoms with Crippen LogP contribution in [0, 0.1) is 0 Å². The molecule has 0 aliphatic carbocycles. The van der Waals surface area contributed by atoms with E-state index in [9.17, 15) is 0 Å². The molecule has 1 heterocycles. The molecular formula is C9H12N2O. The first kappa shape index (κ1) is 8.71. The Morgan fingerprint density at radius 3 is 2.92 bits per heavy atom. The summed E-state index contributed by atoms with van der Waals surface area (Å²) in [6, 6.07) is 0. The second-order valence-electron chi connectivity index (χ2n) is 2.64. The highest BCUT2D eigenvalue weighted by Gasteiger charge is 1.89. The second-order valence-corrected chi connectivity index (χ2v) is 2.64. The summed E-state index contributed by atoms with van der Waals surface area (Å²) in [4.78, 5) is 7.84. The van der Waals surface area contributed by atoms with Crippen molar-refractivity contribution in [1.82, 2.24) is 9.97 Å². The summed E-state index contributed by atoms with van der Waals surface area (Å²) in [6.45, 7) is 4.61. The van der Waals surface area contributed by atoms with Crippen LogP contribution >= 0.6 is 0 Å². The zero-order chi connectivity index (χ0) is 8.81. The van der Waals surface area contributed by atoms with Crippen molar-refractivity contribution < 1.29 is 4.74 Å². The molecule has 0 fully saturated rings. The Kier molecular flexibility index (Phi) is 3.26. The van der Waals surface area contributed by atoms with Crippen LogP contribution in [0.2, 0.25) is 0 Å². The van der Waals surface area contributed by atoms with E-state index in [4.69, 9.17) is 4.74 Å². The van der Waals surface area contributed by atoms with Gasteiger partial charge in [0.05, 0.1) is 6.20 Å². The Bertz CT molecular complexity index is 252. The van der Waals surface area contributed by atoms with Gasteiger partial charge in [-0.05, 0) is 19.9 Å². The highest BCUT2D eigenvalue weighted by Crippen LogP contribution is 2.00. The lowest BCUT2D eigenvalue weighted by Crippen LogP contribution is -1.96. The van der Waals surface area contributed by atoms with Gasteiger partial charge >= 0.3 is 0 Å². The van der Waals surface area contributed by atoms with Gasteiger partial charge in [-0.15, -0.1) is 0 Å². The summed E-state index contributed by atoms with van der Waals surface area (Å²) >= 11 is 0. The van der Waals surface area contributed by atoms with Gasteiger partial charge in [0.15, 0.2) is 0 Å². The van der Waals surface area contributed by atoms with E-state index in [1.807, 2.05) is 19.9 Å². The second kappa shape index (κ2) is 4.49. The fourth-order valence-electron chi connectivity index (χ4n) is 0.654. The van der Waals surface area contributed by atoms with Gasteiger partial charge in [0, 0.05) is 12.4 Å². The lowest BCUT2D eigenvalue weighted by Gasteiger charge is -1.99. The summed E-state index contributed by atoms with van der Waals surface area (Å²) in [5, 5.41) is 0. The Morgan fingerprint density at radius 2 is 2.33 bits per heavy atom. The van der Waals surface area contributed by atoms with E-state index in [0.717, 1.165) is 0 Å². The molecule has 0 bridgehead atoms. The monoisotopic (exact) mass is 164 g/mol. The summed E-state index contributed by atoms with van der Waals surface area (Å²) in [6.07, 6.45) is 6.82. The third-order valence-electron chi connectivity index (χ3n) is 1.26. The average Bonchev–Trinajstić information content (AvgIpc) is 2.05. The minimum atomic E-state index is 0.557. The zero-order valence-electron chi connectivity index (χ0n) is 7.32. The van der Waals surface area contributed by atoms with E-state index in [0.29, 0.717) is 12.5 Å². The maximum atomic E-state index is 5.27. The molecule has 0 amide bonds. The minimum absolute atomic E-state index is 0.557. The van der Waals surface area contributed by atoms with Crippen LogP contribution in [0.1, 0.15) is 13.8 Å². The Hall–Kier alpha value is -1.38. The number of aromatic nitrogens is 2. The number of ether oxygens (including phenoxy) is 1. The first-order chi connectivity index (χ1) is 5.79. The Balaban J connectivity index is 2.39. The number of allylic oxidation sites excluding steroid dienone is 1. The van der Waals surface area contributed by atoms with Gasteiger partial charge in [-0.1, -0.05) is 5.57 Å². The first-order valence-electron chi connectivity index (χ1n) is 3.81. The van der Waals surface area contributed by atoms with Crippen LogP contribution in [0.5, 0.6) is 5.88 Å². The molecule has 0 saturated carbocycles. The highest BCUT2D eigenvalue weighted by atomic mass is 16.5. The van der Waals surface area contributed by atoms with Crippen LogP contribution in [-0.4, -0.2) is 16.6 Å². The van der Waals surface area contributed by atoms with E-state index < -0.39 is 0 Å². The van der Waals surface area contributed by atoms with Crippen molar-refractivity contribution in [2.24, 2.45) is 0 Å².